The number of fused-ring (bicyclic) bond motifs is 8. The van der Waals surface area contributed by atoms with Gasteiger partial charge in [0.1, 0.15) is 5.75 Å². The molecule has 6 aromatic heterocycles. The van der Waals surface area contributed by atoms with E-state index in [9.17, 15) is 0 Å². The summed E-state index contributed by atoms with van der Waals surface area (Å²) in [6.45, 7) is 0. The first-order chi connectivity index (χ1) is 24.7. The summed E-state index contributed by atoms with van der Waals surface area (Å²) in [5.41, 5.74) is 15.0. The zero-order chi connectivity index (χ0) is 33.4. The lowest BCUT2D eigenvalue weighted by Gasteiger charge is -2.07. The number of benzene rings is 1. The highest BCUT2D eigenvalue weighted by atomic mass is 16.5. The largest absolute Gasteiger partial charge is 0.497 e. The van der Waals surface area contributed by atoms with Gasteiger partial charge in [0, 0.05) is 81.5 Å². The number of nitrogens with zero attached hydrogens (tertiary/aromatic N) is 5. The molecule has 2 aliphatic rings. The Labute approximate surface area is 287 Å². The van der Waals surface area contributed by atoms with Gasteiger partial charge in [0.15, 0.2) is 0 Å². The third-order valence-corrected chi connectivity index (χ3v) is 9.04. The Balaban J connectivity index is 1.47. The first-order valence-corrected chi connectivity index (χ1v) is 16.3. The molecule has 0 radical (unpaired) electrons. The van der Waals surface area contributed by atoms with Crippen LogP contribution in [0.15, 0.2) is 122 Å². The fraction of sp³-hybridized carbons (Fsp3) is 0.0238. The highest BCUT2D eigenvalue weighted by Gasteiger charge is 2.19. The number of methoxy groups -OCH3 is 1. The predicted octanol–water partition coefficient (Wildman–Crippen LogP) is 9.52. The molecule has 0 aliphatic carbocycles. The van der Waals surface area contributed by atoms with Crippen LogP contribution >= 0.6 is 0 Å². The number of nitrogens with one attached hydrogen (secondary N) is 2. The van der Waals surface area contributed by atoms with Gasteiger partial charge < -0.3 is 14.7 Å². The molecule has 0 atom stereocenters. The van der Waals surface area contributed by atoms with Crippen LogP contribution in [0.1, 0.15) is 22.8 Å². The number of hydrogen-bond acceptors (Lipinski definition) is 6. The zero-order valence-electron chi connectivity index (χ0n) is 27.0. The molecule has 8 heteroatoms. The second kappa shape index (κ2) is 12.3. The van der Waals surface area contributed by atoms with Crippen LogP contribution < -0.4 is 4.74 Å². The van der Waals surface area contributed by atoms with Crippen molar-refractivity contribution < 1.29 is 4.74 Å². The highest BCUT2D eigenvalue weighted by Crippen LogP contribution is 2.38. The van der Waals surface area contributed by atoms with E-state index < -0.39 is 0 Å². The summed E-state index contributed by atoms with van der Waals surface area (Å²) in [5, 5.41) is 0. The minimum atomic E-state index is 0.788. The summed E-state index contributed by atoms with van der Waals surface area (Å²) in [7, 11) is 1.68. The molecule has 1 aromatic carbocycles. The maximum Gasteiger partial charge on any atom is 0.118 e. The number of H-pyrrole nitrogens is 2. The Kier molecular flexibility index (Phi) is 7.17. The fourth-order valence-corrected chi connectivity index (χ4v) is 6.73. The molecule has 2 N–H and O–H groups in total. The molecule has 50 heavy (non-hydrogen) atoms. The lowest BCUT2D eigenvalue weighted by molar-refractivity contribution is 0.415. The Morgan fingerprint density at radius 3 is 0.980 bits per heavy atom. The third-order valence-electron chi connectivity index (χ3n) is 9.04. The predicted molar refractivity (Wildman–Crippen MR) is 201 cm³/mol. The van der Waals surface area contributed by atoms with Crippen molar-refractivity contribution in [1.29, 1.82) is 0 Å². The molecule has 0 saturated heterocycles. The Morgan fingerprint density at radius 1 is 0.380 bits per heavy atom. The van der Waals surface area contributed by atoms with E-state index in [1.54, 1.807) is 7.11 Å². The molecule has 2 aliphatic heterocycles. The quantitative estimate of drug-likeness (QED) is 0.193. The lowest BCUT2D eigenvalue weighted by Crippen LogP contribution is -1.90. The highest BCUT2D eigenvalue weighted by molar-refractivity contribution is 5.99. The van der Waals surface area contributed by atoms with E-state index >= 15 is 0 Å². The Hall–Kier alpha value is -6.93. The number of aromatic amines is 2. The molecular weight excluding hydrogens is 619 g/mol. The van der Waals surface area contributed by atoms with E-state index in [-0.39, 0.29) is 0 Å². The van der Waals surface area contributed by atoms with Crippen LogP contribution in [0.2, 0.25) is 0 Å². The van der Waals surface area contributed by atoms with Crippen LogP contribution in [0.5, 0.6) is 5.75 Å². The summed E-state index contributed by atoms with van der Waals surface area (Å²) in [6.07, 6.45) is 19.2. The van der Waals surface area contributed by atoms with Crippen molar-refractivity contribution in [2.24, 2.45) is 0 Å². The smallest absolute Gasteiger partial charge is 0.118 e. The fourth-order valence-electron chi connectivity index (χ4n) is 6.73. The van der Waals surface area contributed by atoms with E-state index in [0.29, 0.717) is 0 Å². The summed E-state index contributed by atoms with van der Waals surface area (Å²) < 4.78 is 5.50. The van der Waals surface area contributed by atoms with Crippen molar-refractivity contribution in [1.82, 2.24) is 34.9 Å². The van der Waals surface area contributed by atoms with Crippen LogP contribution in [0.4, 0.5) is 0 Å². The van der Waals surface area contributed by atoms with Crippen molar-refractivity contribution in [3.05, 3.63) is 145 Å². The topological polar surface area (TPSA) is 105 Å². The summed E-state index contributed by atoms with van der Waals surface area (Å²) >= 11 is 0. The van der Waals surface area contributed by atoms with Crippen LogP contribution in [0, 0.1) is 0 Å². The van der Waals surface area contributed by atoms with Gasteiger partial charge in [0.2, 0.25) is 0 Å². The van der Waals surface area contributed by atoms with Gasteiger partial charge in [-0.1, -0.05) is 12.1 Å². The van der Waals surface area contributed by atoms with Gasteiger partial charge in [0.25, 0.3) is 0 Å². The van der Waals surface area contributed by atoms with Gasteiger partial charge in [-0.3, -0.25) is 15.0 Å². The van der Waals surface area contributed by atoms with Crippen molar-refractivity contribution >= 4 is 46.4 Å². The molecular formula is C42H29N7O. The molecule has 0 unspecified atom stereocenters. The van der Waals surface area contributed by atoms with Gasteiger partial charge in [-0.05, 0) is 119 Å². The minimum absolute atomic E-state index is 0.788. The van der Waals surface area contributed by atoms with Gasteiger partial charge in [-0.15, -0.1) is 0 Å². The van der Waals surface area contributed by atoms with Gasteiger partial charge >= 0.3 is 0 Å². The molecule has 0 saturated carbocycles. The van der Waals surface area contributed by atoms with Crippen LogP contribution in [0.3, 0.4) is 0 Å². The van der Waals surface area contributed by atoms with E-state index in [0.717, 1.165) is 95.1 Å². The van der Waals surface area contributed by atoms with E-state index in [4.69, 9.17) is 14.7 Å². The standard InChI is InChI=1S/C42H29N7O/c1-50-30-4-2-26(3-5-30)39-31-6-8-33(46-31)40(27-14-20-43-21-15-27)35-10-12-37(48-35)42(29-18-24-45-25-19-29)38-13-11-36(49-38)41(28-16-22-44-23-17-28)34-9-7-32(39)47-34/h2-25,46,49H,1H3. The van der Waals surface area contributed by atoms with E-state index in [1.807, 2.05) is 85.7 Å². The van der Waals surface area contributed by atoms with Crippen LogP contribution in [0.25, 0.3) is 90.9 Å². The maximum atomic E-state index is 5.50. The summed E-state index contributed by atoms with van der Waals surface area (Å²) in [6, 6.07) is 28.7. The van der Waals surface area contributed by atoms with Crippen LogP contribution in [-0.2, 0) is 0 Å². The lowest BCUT2D eigenvalue weighted by atomic mass is 10.0. The molecule has 238 valence electrons. The number of pyridine rings is 3. The summed E-state index contributed by atoms with van der Waals surface area (Å²) in [4.78, 5) is 31.0. The second-order valence-electron chi connectivity index (χ2n) is 11.9. The monoisotopic (exact) mass is 647 g/mol. The average Bonchev–Trinajstić information content (AvgIpc) is 4.01. The van der Waals surface area contributed by atoms with Crippen molar-refractivity contribution in [3.63, 3.8) is 0 Å². The maximum absolute atomic E-state index is 5.50. The number of ether oxygens (including phenoxy) is 1. The van der Waals surface area contributed by atoms with Gasteiger partial charge in [-0.25, -0.2) is 9.97 Å². The molecule has 8 nitrogen and oxygen atoms in total. The van der Waals surface area contributed by atoms with Crippen LogP contribution in [-0.4, -0.2) is 42.0 Å². The Bertz CT molecular complexity index is 2570. The molecule has 0 spiro atoms. The molecule has 0 fully saturated rings. The molecule has 0 amide bonds. The molecule has 9 rings (SSSR count). The first-order valence-electron chi connectivity index (χ1n) is 16.3. The van der Waals surface area contributed by atoms with Gasteiger partial charge in [-0.2, -0.15) is 0 Å². The van der Waals surface area contributed by atoms with Crippen molar-refractivity contribution in [2.75, 3.05) is 7.11 Å². The second-order valence-corrected chi connectivity index (χ2v) is 11.9. The molecule has 7 aromatic rings. The molecule has 8 heterocycles. The first kappa shape index (κ1) is 29.2. The Morgan fingerprint density at radius 2 is 0.680 bits per heavy atom. The normalized spacial score (nSPS) is 11.9. The molecule has 8 bridgehead atoms. The third kappa shape index (κ3) is 5.16. The van der Waals surface area contributed by atoms with Crippen molar-refractivity contribution in [2.45, 2.75) is 0 Å². The van der Waals surface area contributed by atoms with E-state index in [1.165, 1.54) is 0 Å². The summed E-state index contributed by atoms with van der Waals surface area (Å²) in [5.74, 6) is 0.788. The number of rotatable bonds is 5. The number of aromatic nitrogens is 7. The minimum Gasteiger partial charge on any atom is -0.497 e. The zero-order valence-corrected chi connectivity index (χ0v) is 27.0. The SMILES string of the molecule is COc1ccc(-c2c3nc(c(-c4ccncc4)c4ccc([nH]4)c(-c4ccncc4)c4nc(c(-c5ccncc5)c5ccc2[nH]5)C=C4)C=C3)cc1. The number of hydrogen-bond donors (Lipinski definition) is 2. The van der Waals surface area contributed by atoms with Gasteiger partial charge in [0.05, 0.1) is 29.9 Å². The van der Waals surface area contributed by atoms with E-state index in [2.05, 4.69) is 85.6 Å². The van der Waals surface area contributed by atoms with Crippen molar-refractivity contribution in [3.8, 4) is 50.3 Å². The average molecular weight is 648 g/mol.